The predicted octanol–water partition coefficient (Wildman–Crippen LogP) is 2.48. The molecule has 1 aliphatic rings. The number of rotatable bonds is 1. The maximum atomic E-state index is 6.00. The third kappa shape index (κ3) is 1.99. The van der Waals surface area contributed by atoms with Gasteiger partial charge in [-0.2, -0.15) is 10.1 Å². The Labute approximate surface area is 108 Å². The highest BCUT2D eigenvalue weighted by Gasteiger charge is 2.20. The molecule has 0 bridgehead atoms. The largest absolute Gasteiger partial charge is 0.381 e. The van der Waals surface area contributed by atoms with Crippen molar-refractivity contribution in [3.63, 3.8) is 0 Å². The molecule has 1 saturated heterocycles. The topological polar surface area (TPSA) is 52.8 Å². The molecule has 0 radical (unpaired) electrons. The Kier molecular flexibility index (Phi) is 2.90. The van der Waals surface area contributed by atoms with Gasteiger partial charge in [-0.3, -0.25) is 0 Å². The summed E-state index contributed by atoms with van der Waals surface area (Å²) in [4.78, 5) is 8.10. The summed E-state index contributed by atoms with van der Waals surface area (Å²) in [5.74, 6) is 0. The first-order chi connectivity index (χ1) is 8.25. The van der Waals surface area contributed by atoms with Gasteiger partial charge in [0.05, 0.1) is 17.6 Å². The summed E-state index contributed by atoms with van der Waals surface area (Å²) in [6.07, 6.45) is 3.54. The van der Waals surface area contributed by atoms with Crippen LogP contribution < -0.4 is 0 Å². The van der Waals surface area contributed by atoms with Crippen molar-refractivity contribution >= 4 is 34.2 Å². The maximum Gasteiger partial charge on any atom is 0.225 e. The second-order valence-corrected chi connectivity index (χ2v) is 4.65. The minimum absolute atomic E-state index is 0.149. The summed E-state index contributed by atoms with van der Waals surface area (Å²) in [5.41, 5.74) is 0.696. The van der Waals surface area contributed by atoms with Crippen molar-refractivity contribution in [2.75, 3.05) is 13.2 Å². The summed E-state index contributed by atoms with van der Waals surface area (Å²) < 4.78 is 7.20. The lowest BCUT2D eigenvalue weighted by Crippen LogP contribution is -2.20. The number of halogens is 2. The molecule has 2 aromatic heterocycles. The molecule has 17 heavy (non-hydrogen) atoms. The molecular formula is C10H10Cl2N4O. The van der Waals surface area contributed by atoms with Gasteiger partial charge in [0.2, 0.25) is 5.28 Å². The predicted molar refractivity (Wildman–Crippen MR) is 64.4 cm³/mol. The molecule has 0 unspecified atom stereocenters. The van der Waals surface area contributed by atoms with Crippen molar-refractivity contribution in [2.45, 2.75) is 18.9 Å². The molecule has 1 aliphatic heterocycles. The third-order valence-corrected chi connectivity index (χ3v) is 3.37. The highest BCUT2D eigenvalue weighted by atomic mass is 35.5. The molecule has 0 atom stereocenters. The highest BCUT2D eigenvalue weighted by Crippen LogP contribution is 2.27. The summed E-state index contributed by atoms with van der Waals surface area (Å²) in [7, 11) is 0. The van der Waals surface area contributed by atoms with E-state index in [1.165, 1.54) is 0 Å². The Balaban J connectivity index is 2.10. The van der Waals surface area contributed by atoms with Crippen LogP contribution in [0, 0.1) is 0 Å². The van der Waals surface area contributed by atoms with Gasteiger partial charge in [0.15, 0.2) is 5.65 Å². The number of ether oxygens (including phenoxy) is 1. The van der Waals surface area contributed by atoms with Gasteiger partial charge in [0.1, 0.15) is 5.15 Å². The Hall–Kier alpha value is -0.910. The van der Waals surface area contributed by atoms with Crippen molar-refractivity contribution < 1.29 is 4.74 Å². The van der Waals surface area contributed by atoms with E-state index in [-0.39, 0.29) is 5.28 Å². The van der Waals surface area contributed by atoms with E-state index in [9.17, 15) is 0 Å². The maximum absolute atomic E-state index is 6.00. The minimum Gasteiger partial charge on any atom is -0.381 e. The lowest BCUT2D eigenvalue weighted by Gasteiger charge is -2.22. The zero-order valence-electron chi connectivity index (χ0n) is 8.94. The first kappa shape index (κ1) is 11.2. The van der Waals surface area contributed by atoms with Gasteiger partial charge < -0.3 is 4.74 Å². The van der Waals surface area contributed by atoms with Gasteiger partial charge in [-0.25, -0.2) is 9.67 Å². The third-order valence-electron chi connectivity index (χ3n) is 2.92. The standard InChI is InChI=1S/C10H10Cl2N4O/c11-8-7-5-13-16(6-1-3-17-4-2-6)9(7)15-10(12)14-8/h5-6H,1-4H2. The van der Waals surface area contributed by atoms with E-state index >= 15 is 0 Å². The second-order valence-electron chi connectivity index (χ2n) is 3.95. The Morgan fingerprint density at radius 2 is 2.00 bits per heavy atom. The Morgan fingerprint density at radius 1 is 1.24 bits per heavy atom. The summed E-state index contributed by atoms with van der Waals surface area (Å²) in [6.45, 7) is 1.50. The van der Waals surface area contributed by atoms with Crippen molar-refractivity contribution in [2.24, 2.45) is 0 Å². The number of nitrogens with zero attached hydrogens (tertiary/aromatic N) is 4. The van der Waals surface area contributed by atoms with Crippen LogP contribution in [0.1, 0.15) is 18.9 Å². The van der Waals surface area contributed by atoms with Crippen LogP contribution in [0.5, 0.6) is 0 Å². The average Bonchev–Trinajstić information content (AvgIpc) is 2.74. The normalized spacial score (nSPS) is 17.8. The Morgan fingerprint density at radius 3 is 2.76 bits per heavy atom. The van der Waals surface area contributed by atoms with Gasteiger partial charge >= 0.3 is 0 Å². The van der Waals surface area contributed by atoms with Crippen LogP contribution in [0.15, 0.2) is 6.20 Å². The van der Waals surface area contributed by atoms with E-state index in [0.717, 1.165) is 31.4 Å². The molecule has 0 amide bonds. The van der Waals surface area contributed by atoms with Crippen LogP contribution in [0.4, 0.5) is 0 Å². The zero-order chi connectivity index (χ0) is 11.8. The highest BCUT2D eigenvalue weighted by molar-refractivity contribution is 6.35. The molecule has 3 rings (SSSR count). The number of fused-ring (bicyclic) bond motifs is 1. The minimum atomic E-state index is 0.149. The van der Waals surface area contributed by atoms with E-state index in [2.05, 4.69) is 15.1 Å². The fourth-order valence-electron chi connectivity index (χ4n) is 2.06. The molecule has 7 heteroatoms. The van der Waals surface area contributed by atoms with Crippen molar-refractivity contribution in [1.82, 2.24) is 19.7 Å². The van der Waals surface area contributed by atoms with E-state index in [4.69, 9.17) is 27.9 Å². The van der Waals surface area contributed by atoms with Gasteiger partial charge in [0, 0.05) is 13.2 Å². The number of hydrogen-bond donors (Lipinski definition) is 0. The molecule has 0 aromatic carbocycles. The van der Waals surface area contributed by atoms with E-state index < -0.39 is 0 Å². The van der Waals surface area contributed by atoms with Crippen LogP contribution in [0.2, 0.25) is 10.4 Å². The lowest BCUT2D eigenvalue weighted by molar-refractivity contribution is 0.0673. The first-order valence-electron chi connectivity index (χ1n) is 5.39. The Bertz CT molecular complexity index is 550. The van der Waals surface area contributed by atoms with Gasteiger partial charge in [0.25, 0.3) is 0 Å². The fraction of sp³-hybridized carbons (Fsp3) is 0.500. The molecule has 90 valence electrons. The lowest BCUT2D eigenvalue weighted by atomic mass is 10.1. The van der Waals surface area contributed by atoms with Gasteiger partial charge in [-0.15, -0.1) is 0 Å². The fourth-order valence-corrected chi connectivity index (χ4v) is 2.48. The van der Waals surface area contributed by atoms with Crippen LogP contribution in [0.25, 0.3) is 11.0 Å². The van der Waals surface area contributed by atoms with Crippen molar-refractivity contribution in [1.29, 1.82) is 0 Å². The summed E-state index contributed by atoms with van der Waals surface area (Å²) >= 11 is 11.8. The summed E-state index contributed by atoms with van der Waals surface area (Å²) in [6, 6.07) is 0.295. The molecular weight excluding hydrogens is 263 g/mol. The van der Waals surface area contributed by atoms with E-state index in [0.29, 0.717) is 16.8 Å². The molecule has 1 fully saturated rings. The van der Waals surface area contributed by atoms with Gasteiger partial charge in [-0.05, 0) is 24.4 Å². The van der Waals surface area contributed by atoms with E-state index in [1.807, 2.05) is 4.68 Å². The number of aromatic nitrogens is 4. The first-order valence-corrected chi connectivity index (χ1v) is 6.15. The van der Waals surface area contributed by atoms with Crippen LogP contribution in [-0.2, 0) is 4.74 Å². The molecule has 5 nitrogen and oxygen atoms in total. The van der Waals surface area contributed by atoms with Crippen molar-refractivity contribution in [3.05, 3.63) is 16.6 Å². The SMILES string of the molecule is Clc1nc(Cl)c2cnn(C3CCOCC3)c2n1. The molecule has 0 aliphatic carbocycles. The average molecular weight is 273 g/mol. The van der Waals surface area contributed by atoms with Gasteiger partial charge in [-0.1, -0.05) is 11.6 Å². The molecule has 2 aromatic rings. The second kappa shape index (κ2) is 4.40. The molecule has 3 heterocycles. The van der Waals surface area contributed by atoms with E-state index in [1.54, 1.807) is 6.20 Å². The van der Waals surface area contributed by atoms with Crippen LogP contribution >= 0.6 is 23.2 Å². The molecule has 0 saturated carbocycles. The molecule has 0 N–H and O–H groups in total. The van der Waals surface area contributed by atoms with Crippen LogP contribution in [0.3, 0.4) is 0 Å². The monoisotopic (exact) mass is 272 g/mol. The van der Waals surface area contributed by atoms with Crippen molar-refractivity contribution in [3.8, 4) is 0 Å². The zero-order valence-corrected chi connectivity index (χ0v) is 10.4. The van der Waals surface area contributed by atoms with Crippen LogP contribution in [-0.4, -0.2) is 33.0 Å². The smallest absolute Gasteiger partial charge is 0.225 e. The quantitative estimate of drug-likeness (QED) is 0.591. The number of hydrogen-bond acceptors (Lipinski definition) is 4. The summed E-state index contributed by atoms with van der Waals surface area (Å²) in [5, 5.41) is 5.57. The molecule has 0 spiro atoms.